The second-order valence-corrected chi connectivity index (χ2v) is 5.98. The molecule has 0 aliphatic heterocycles. The summed E-state index contributed by atoms with van der Waals surface area (Å²) in [6, 6.07) is 5.28. The molecule has 0 saturated carbocycles. The Hall–Kier alpha value is -1.45. The lowest BCUT2D eigenvalue weighted by atomic mass is 10.2. The quantitative estimate of drug-likeness (QED) is 0.806. The molecule has 0 amide bonds. The summed E-state index contributed by atoms with van der Waals surface area (Å²) in [5.41, 5.74) is -0.419. The maximum atomic E-state index is 13.5. The van der Waals surface area contributed by atoms with Gasteiger partial charge in [-0.15, -0.1) is 0 Å². The summed E-state index contributed by atoms with van der Waals surface area (Å²) < 4.78 is 39.6. The summed E-state index contributed by atoms with van der Waals surface area (Å²) in [6.07, 6.45) is 1.59. The lowest BCUT2D eigenvalue weighted by molar-refractivity contribution is 0.418. The van der Waals surface area contributed by atoms with E-state index in [2.05, 4.69) is 0 Å². The van der Waals surface area contributed by atoms with Gasteiger partial charge in [0.15, 0.2) is 0 Å². The van der Waals surface area contributed by atoms with Crippen LogP contribution in [-0.4, -0.2) is 25.8 Å². The van der Waals surface area contributed by atoms with E-state index in [-0.39, 0.29) is 4.90 Å². The lowest BCUT2D eigenvalue weighted by Crippen LogP contribution is -2.32. The first-order valence-corrected chi connectivity index (χ1v) is 7.61. The average Bonchev–Trinajstić information content (AvgIpc) is 2.39. The van der Waals surface area contributed by atoms with Crippen molar-refractivity contribution < 1.29 is 12.8 Å². The third kappa shape index (κ3) is 3.31. The fourth-order valence-electron chi connectivity index (χ4n) is 1.75. The van der Waals surface area contributed by atoms with Crippen LogP contribution in [0, 0.1) is 17.1 Å². The summed E-state index contributed by atoms with van der Waals surface area (Å²) in [5.74, 6) is -0.810. The number of nitrogens with zero attached hydrogens (tertiary/aromatic N) is 2. The van der Waals surface area contributed by atoms with Crippen LogP contribution in [0.15, 0.2) is 23.1 Å². The van der Waals surface area contributed by atoms with Crippen LogP contribution in [0.2, 0.25) is 0 Å². The van der Waals surface area contributed by atoms with E-state index in [1.165, 1.54) is 16.4 Å². The molecule has 0 unspecified atom stereocenters. The van der Waals surface area contributed by atoms with Crippen molar-refractivity contribution in [2.24, 2.45) is 0 Å². The number of sulfonamides is 1. The minimum absolute atomic E-state index is 0.257. The van der Waals surface area contributed by atoms with E-state index in [1.807, 2.05) is 6.92 Å². The van der Waals surface area contributed by atoms with E-state index in [0.717, 1.165) is 18.9 Å². The molecular formula is C13H17FN2O2S. The molecule has 0 heterocycles. The molecule has 19 heavy (non-hydrogen) atoms. The van der Waals surface area contributed by atoms with Crippen LogP contribution in [0.25, 0.3) is 0 Å². The van der Waals surface area contributed by atoms with Crippen molar-refractivity contribution in [3.8, 4) is 6.07 Å². The van der Waals surface area contributed by atoms with Gasteiger partial charge in [-0.05, 0) is 18.6 Å². The summed E-state index contributed by atoms with van der Waals surface area (Å²) >= 11 is 0. The molecule has 0 aliphatic carbocycles. The van der Waals surface area contributed by atoms with Crippen LogP contribution >= 0.6 is 0 Å². The molecule has 0 atom stereocenters. The smallest absolute Gasteiger partial charge is 0.207 e. The van der Waals surface area contributed by atoms with Crippen LogP contribution in [0.3, 0.4) is 0 Å². The highest BCUT2D eigenvalue weighted by atomic mass is 32.2. The van der Waals surface area contributed by atoms with Gasteiger partial charge < -0.3 is 0 Å². The number of hydrogen-bond acceptors (Lipinski definition) is 3. The van der Waals surface area contributed by atoms with Gasteiger partial charge >= 0.3 is 0 Å². The largest absolute Gasteiger partial charge is 0.244 e. The zero-order chi connectivity index (χ0) is 14.5. The van der Waals surface area contributed by atoms with Gasteiger partial charge in [0.1, 0.15) is 22.3 Å². The van der Waals surface area contributed by atoms with E-state index in [1.54, 1.807) is 13.0 Å². The van der Waals surface area contributed by atoms with Gasteiger partial charge in [0, 0.05) is 13.1 Å². The summed E-state index contributed by atoms with van der Waals surface area (Å²) in [6.45, 7) is 4.35. The molecular weight excluding hydrogens is 267 g/mol. The van der Waals surface area contributed by atoms with Crippen LogP contribution in [-0.2, 0) is 10.0 Å². The predicted octanol–water partition coefficient (Wildman–Crippen LogP) is 2.51. The zero-order valence-electron chi connectivity index (χ0n) is 11.1. The van der Waals surface area contributed by atoms with Gasteiger partial charge in [-0.3, -0.25) is 0 Å². The third-order valence-electron chi connectivity index (χ3n) is 2.82. The van der Waals surface area contributed by atoms with Gasteiger partial charge in [-0.2, -0.15) is 9.57 Å². The predicted molar refractivity (Wildman–Crippen MR) is 70.5 cm³/mol. The van der Waals surface area contributed by atoms with E-state index in [9.17, 15) is 12.8 Å². The Morgan fingerprint density at radius 3 is 2.58 bits per heavy atom. The molecule has 0 aliphatic rings. The first-order valence-electron chi connectivity index (χ1n) is 6.17. The Balaban J connectivity index is 3.27. The first-order chi connectivity index (χ1) is 8.98. The van der Waals surface area contributed by atoms with Crippen molar-refractivity contribution in [3.05, 3.63) is 29.6 Å². The zero-order valence-corrected chi connectivity index (χ0v) is 11.9. The normalized spacial score (nSPS) is 11.5. The topological polar surface area (TPSA) is 61.2 Å². The molecule has 0 spiro atoms. The maximum Gasteiger partial charge on any atom is 0.244 e. The lowest BCUT2D eigenvalue weighted by Gasteiger charge is -2.20. The average molecular weight is 284 g/mol. The van der Waals surface area contributed by atoms with Crippen LogP contribution in [0.1, 0.15) is 32.3 Å². The molecule has 1 rings (SSSR count). The number of nitriles is 1. The molecule has 6 heteroatoms. The standard InChI is InChI=1S/C13H17FN2O2S/c1-3-5-9-16(4-2)19(17,18)13-8-6-7-12(14)11(13)10-15/h6-8H,3-5,9H2,1-2H3. The Labute approximate surface area is 113 Å². The van der Waals surface area contributed by atoms with E-state index >= 15 is 0 Å². The molecule has 0 N–H and O–H groups in total. The van der Waals surface area contributed by atoms with E-state index in [0.29, 0.717) is 13.1 Å². The molecule has 0 saturated heterocycles. The number of halogens is 1. The minimum atomic E-state index is -3.82. The number of benzene rings is 1. The molecule has 0 aromatic heterocycles. The van der Waals surface area contributed by atoms with Gasteiger partial charge in [-0.1, -0.05) is 26.3 Å². The Kier molecular flexibility index (Phi) is 5.45. The summed E-state index contributed by atoms with van der Waals surface area (Å²) in [7, 11) is -3.82. The van der Waals surface area contributed by atoms with Gasteiger partial charge in [0.05, 0.1) is 0 Å². The second-order valence-electron chi connectivity index (χ2n) is 4.08. The van der Waals surface area contributed by atoms with Crippen molar-refractivity contribution in [1.29, 1.82) is 5.26 Å². The Morgan fingerprint density at radius 1 is 1.37 bits per heavy atom. The van der Waals surface area contributed by atoms with Gasteiger partial charge in [0.2, 0.25) is 10.0 Å². The van der Waals surface area contributed by atoms with Crippen molar-refractivity contribution in [3.63, 3.8) is 0 Å². The molecule has 104 valence electrons. The maximum absolute atomic E-state index is 13.5. The SMILES string of the molecule is CCCCN(CC)S(=O)(=O)c1cccc(F)c1C#N. The van der Waals surface area contributed by atoms with Crippen LogP contribution < -0.4 is 0 Å². The monoisotopic (exact) mass is 284 g/mol. The second kappa shape index (κ2) is 6.64. The van der Waals surface area contributed by atoms with E-state index in [4.69, 9.17) is 5.26 Å². The fourth-order valence-corrected chi connectivity index (χ4v) is 3.39. The Bertz CT molecular complexity index is 579. The first kappa shape index (κ1) is 15.6. The Morgan fingerprint density at radius 2 is 2.05 bits per heavy atom. The highest BCUT2D eigenvalue weighted by Gasteiger charge is 2.26. The molecule has 0 radical (unpaired) electrons. The number of unbranched alkanes of at least 4 members (excludes halogenated alkanes) is 1. The van der Waals surface area contributed by atoms with E-state index < -0.39 is 21.4 Å². The third-order valence-corrected chi connectivity index (χ3v) is 4.84. The van der Waals surface area contributed by atoms with Crippen molar-refractivity contribution in [1.82, 2.24) is 4.31 Å². The van der Waals surface area contributed by atoms with Crippen LogP contribution in [0.4, 0.5) is 4.39 Å². The van der Waals surface area contributed by atoms with Crippen molar-refractivity contribution in [2.75, 3.05) is 13.1 Å². The highest BCUT2D eigenvalue weighted by molar-refractivity contribution is 7.89. The van der Waals surface area contributed by atoms with Gasteiger partial charge in [0.25, 0.3) is 0 Å². The summed E-state index contributed by atoms with van der Waals surface area (Å²) in [5, 5.41) is 8.92. The highest BCUT2D eigenvalue weighted by Crippen LogP contribution is 2.22. The minimum Gasteiger partial charge on any atom is -0.207 e. The fraction of sp³-hybridized carbons (Fsp3) is 0.462. The number of hydrogen-bond donors (Lipinski definition) is 0. The van der Waals surface area contributed by atoms with Crippen molar-refractivity contribution >= 4 is 10.0 Å². The number of rotatable bonds is 6. The molecule has 1 aromatic rings. The molecule has 1 aromatic carbocycles. The van der Waals surface area contributed by atoms with Crippen LogP contribution in [0.5, 0.6) is 0 Å². The van der Waals surface area contributed by atoms with Gasteiger partial charge in [-0.25, -0.2) is 12.8 Å². The molecule has 4 nitrogen and oxygen atoms in total. The molecule has 0 fully saturated rings. The van der Waals surface area contributed by atoms with Crippen molar-refractivity contribution in [2.45, 2.75) is 31.6 Å². The summed E-state index contributed by atoms with van der Waals surface area (Å²) in [4.78, 5) is -0.257. The molecule has 0 bridgehead atoms.